The second kappa shape index (κ2) is 6.96. The number of aryl methyl sites for hydroxylation is 1. The Kier molecular flexibility index (Phi) is 5.00. The van der Waals surface area contributed by atoms with E-state index in [9.17, 15) is 0 Å². The van der Waals surface area contributed by atoms with Gasteiger partial charge in [0.1, 0.15) is 0 Å². The molecule has 0 aliphatic heterocycles. The molecule has 1 aromatic carbocycles. The molecule has 1 aromatic rings. The van der Waals surface area contributed by atoms with Crippen LogP contribution in [0.1, 0.15) is 68.9 Å². The van der Waals surface area contributed by atoms with Crippen molar-refractivity contribution >= 4 is 0 Å². The Morgan fingerprint density at radius 2 is 1.81 bits per heavy atom. The van der Waals surface area contributed by atoms with Crippen molar-refractivity contribution in [3.8, 4) is 0 Å². The van der Waals surface area contributed by atoms with E-state index in [0.29, 0.717) is 0 Å². The average molecular weight is 285 g/mol. The van der Waals surface area contributed by atoms with Crippen LogP contribution in [0, 0.1) is 18.8 Å². The maximum Gasteiger partial charge on any atom is 0.00787 e. The molecule has 2 atom stereocenters. The van der Waals surface area contributed by atoms with Gasteiger partial charge < -0.3 is 5.32 Å². The fourth-order valence-corrected chi connectivity index (χ4v) is 4.21. The van der Waals surface area contributed by atoms with Crippen LogP contribution >= 0.6 is 0 Å². The Balaban J connectivity index is 1.33. The number of hydrogen-bond acceptors (Lipinski definition) is 1. The highest BCUT2D eigenvalue weighted by Gasteiger charge is 2.29. The molecule has 0 heterocycles. The highest BCUT2D eigenvalue weighted by Crippen LogP contribution is 2.37. The summed E-state index contributed by atoms with van der Waals surface area (Å²) in [6.07, 6.45) is 9.95. The zero-order valence-corrected chi connectivity index (χ0v) is 13.8. The highest BCUT2D eigenvalue weighted by atomic mass is 14.9. The molecule has 1 heteroatoms. The predicted octanol–water partition coefficient (Wildman–Crippen LogP) is 5.05. The molecule has 2 saturated carbocycles. The standard InChI is InChI=1S/C20H31N/c1-15-6-8-18(9-7-15)19-13-20(14-19)21-11-10-17-5-3-4-16(2)12-17/h6-9,16-17,19-21H,3-5,10-14H2,1-2H3. The van der Waals surface area contributed by atoms with Crippen molar-refractivity contribution in [3.05, 3.63) is 35.4 Å². The summed E-state index contributed by atoms with van der Waals surface area (Å²) in [4.78, 5) is 0. The quantitative estimate of drug-likeness (QED) is 0.798. The van der Waals surface area contributed by atoms with Crippen LogP contribution in [0.5, 0.6) is 0 Å². The first kappa shape index (κ1) is 15.1. The van der Waals surface area contributed by atoms with Crippen molar-refractivity contribution in [2.45, 2.75) is 70.8 Å². The summed E-state index contributed by atoms with van der Waals surface area (Å²) in [6, 6.07) is 9.91. The van der Waals surface area contributed by atoms with E-state index in [2.05, 4.69) is 43.4 Å². The Morgan fingerprint density at radius 3 is 2.52 bits per heavy atom. The summed E-state index contributed by atoms with van der Waals surface area (Å²) in [5, 5.41) is 3.79. The van der Waals surface area contributed by atoms with Crippen LogP contribution in [-0.4, -0.2) is 12.6 Å². The molecule has 0 amide bonds. The zero-order valence-electron chi connectivity index (χ0n) is 13.8. The third-order valence-corrected chi connectivity index (χ3v) is 5.72. The molecule has 116 valence electrons. The van der Waals surface area contributed by atoms with Crippen LogP contribution in [0.25, 0.3) is 0 Å². The van der Waals surface area contributed by atoms with E-state index in [1.165, 1.54) is 57.1 Å². The van der Waals surface area contributed by atoms with Gasteiger partial charge in [-0.3, -0.25) is 0 Å². The highest BCUT2D eigenvalue weighted by molar-refractivity contribution is 5.26. The monoisotopic (exact) mass is 285 g/mol. The Hall–Kier alpha value is -0.820. The van der Waals surface area contributed by atoms with Crippen molar-refractivity contribution in [1.29, 1.82) is 0 Å². The molecule has 0 bridgehead atoms. The predicted molar refractivity (Wildman–Crippen MR) is 90.7 cm³/mol. The van der Waals surface area contributed by atoms with Crippen molar-refractivity contribution < 1.29 is 0 Å². The number of nitrogens with one attached hydrogen (secondary N) is 1. The maximum absolute atomic E-state index is 3.79. The van der Waals surface area contributed by atoms with E-state index >= 15 is 0 Å². The van der Waals surface area contributed by atoms with Crippen LogP contribution in [0.2, 0.25) is 0 Å². The largest absolute Gasteiger partial charge is 0.314 e. The van der Waals surface area contributed by atoms with E-state index in [1.54, 1.807) is 5.56 Å². The number of rotatable bonds is 5. The molecule has 1 N–H and O–H groups in total. The second-order valence-corrected chi connectivity index (χ2v) is 7.66. The van der Waals surface area contributed by atoms with Crippen LogP contribution in [0.3, 0.4) is 0 Å². The zero-order chi connectivity index (χ0) is 14.7. The molecule has 1 nitrogen and oxygen atoms in total. The molecule has 0 saturated heterocycles. The molecule has 2 fully saturated rings. The first-order valence-electron chi connectivity index (χ1n) is 9.00. The first-order valence-corrected chi connectivity index (χ1v) is 9.00. The minimum atomic E-state index is 0.775. The first-order chi connectivity index (χ1) is 10.2. The van der Waals surface area contributed by atoms with Gasteiger partial charge in [-0.15, -0.1) is 0 Å². The lowest BCUT2D eigenvalue weighted by molar-refractivity contribution is 0.246. The number of hydrogen-bond donors (Lipinski definition) is 1. The third kappa shape index (κ3) is 4.10. The van der Waals surface area contributed by atoms with Gasteiger partial charge in [0.05, 0.1) is 0 Å². The molecular weight excluding hydrogens is 254 g/mol. The lowest BCUT2D eigenvalue weighted by atomic mass is 9.75. The molecule has 21 heavy (non-hydrogen) atoms. The molecule has 0 radical (unpaired) electrons. The summed E-state index contributed by atoms with van der Waals surface area (Å²) in [6.45, 7) is 5.83. The average Bonchev–Trinajstić information content (AvgIpc) is 2.43. The van der Waals surface area contributed by atoms with Gasteiger partial charge in [-0.1, -0.05) is 56.0 Å². The van der Waals surface area contributed by atoms with Crippen LogP contribution in [0.15, 0.2) is 24.3 Å². The molecule has 0 spiro atoms. The van der Waals surface area contributed by atoms with Crippen molar-refractivity contribution in [2.75, 3.05) is 6.54 Å². The van der Waals surface area contributed by atoms with E-state index in [0.717, 1.165) is 23.8 Å². The summed E-state index contributed by atoms with van der Waals surface area (Å²) >= 11 is 0. The molecule has 0 aromatic heterocycles. The van der Waals surface area contributed by atoms with Crippen LogP contribution < -0.4 is 5.32 Å². The van der Waals surface area contributed by atoms with Gasteiger partial charge in [0, 0.05) is 6.04 Å². The van der Waals surface area contributed by atoms with E-state index in [4.69, 9.17) is 0 Å². The van der Waals surface area contributed by atoms with Gasteiger partial charge in [0.15, 0.2) is 0 Å². The maximum atomic E-state index is 3.79. The minimum Gasteiger partial charge on any atom is -0.314 e. The number of benzene rings is 1. The molecule has 2 aliphatic carbocycles. The Labute approximate surface area is 130 Å². The topological polar surface area (TPSA) is 12.0 Å². The minimum absolute atomic E-state index is 0.775. The smallest absolute Gasteiger partial charge is 0.00787 e. The Bertz CT molecular complexity index is 430. The summed E-state index contributed by atoms with van der Waals surface area (Å²) in [5.41, 5.74) is 2.91. The lowest BCUT2D eigenvalue weighted by Gasteiger charge is -2.37. The summed E-state index contributed by atoms with van der Waals surface area (Å²) in [5.74, 6) is 2.77. The fraction of sp³-hybridized carbons (Fsp3) is 0.700. The van der Waals surface area contributed by atoms with E-state index < -0.39 is 0 Å². The lowest BCUT2D eigenvalue weighted by Crippen LogP contribution is -2.41. The normalized spacial score (nSPS) is 32.7. The van der Waals surface area contributed by atoms with Gasteiger partial charge in [-0.05, 0) is 62.5 Å². The van der Waals surface area contributed by atoms with E-state index in [-0.39, 0.29) is 0 Å². The van der Waals surface area contributed by atoms with Crippen LogP contribution in [0.4, 0.5) is 0 Å². The van der Waals surface area contributed by atoms with Gasteiger partial charge >= 0.3 is 0 Å². The molecule has 2 unspecified atom stereocenters. The van der Waals surface area contributed by atoms with Crippen molar-refractivity contribution in [1.82, 2.24) is 5.32 Å². The molecular formula is C20H31N. The second-order valence-electron chi connectivity index (χ2n) is 7.66. The fourth-order valence-electron chi connectivity index (χ4n) is 4.21. The van der Waals surface area contributed by atoms with Gasteiger partial charge in [0.25, 0.3) is 0 Å². The van der Waals surface area contributed by atoms with Gasteiger partial charge in [0.2, 0.25) is 0 Å². The molecule has 2 aliphatic rings. The van der Waals surface area contributed by atoms with E-state index in [1.807, 2.05) is 0 Å². The Morgan fingerprint density at radius 1 is 1.05 bits per heavy atom. The van der Waals surface area contributed by atoms with Crippen molar-refractivity contribution in [2.24, 2.45) is 11.8 Å². The van der Waals surface area contributed by atoms with Gasteiger partial charge in [-0.2, -0.15) is 0 Å². The van der Waals surface area contributed by atoms with Gasteiger partial charge in [-0.25, -0.2) is 0 Å². The summed E-state index contributed by atoms with van der Waals surface area (Å²) < 4.78 is 0. The third-order valence-electron chi connectivity index (χ3n) is 5.72. The molecule has 3 rings (SSSR count). The summed E-state index contributed by atoms with van der Waals surface area (Å²) in [7, 11) is 0. The SMILES string of the molecule is Cc1ccc(C2CC(NCCC3CCCC(C)C3)C2)cc1. The van der Waals surface area contributed by atoms with Crippen molar-refractivity contribution in [3.63, 3.8) is 0 Å². The van der Waals surface area contributed by atoms with Crippen LogP contribution in [-0.2, 0) is 0 Å².